The third kappa shape index (κ3) is 3.98. The highest BCUT2D eigenvalue weighted by atomic mass is 35.5. The van der Waals surface area contributed by atoms with Gasteiger partial charge in [-0.15, -0.1) is 0 Å². The normalized spacial score (nSPS) is 12.1. The molecule has 0 unspecified atom stereocenters. The van der Waals surface area contributed by atoms with Gasteiger partial charge in [-0.3, -0.25) is 9.36 Å². The van der Waals surface area contributed by atoms with Crippen LogP contribution >= 0.6 is 11.6 Å². The van der Waals surface area contributed by atoms with E-state index >= 15 is 0 Å². The van der Waals surface area contributed by atoms with Crippen LogP contribution in [0.5, 0.6) is 0 Å². The molecule has 0 aliphatic rings. The molecule has 1 heterocycles. The first-order valence-electron chi connectivity index (χ1n) is 7.12. The van der Waals surface area contributed by atoms with Gasteiger partial charge in [0.15, 0.2) is 0 Å². The lowest BCUT2D eigenvalue weighted by atomic mass is 9.96. The van der Waals surface area contributed by atoms with E-state index in [9.17, 15) is 9.59 Å². The highest BCUT2D eigenvalue weighted by Gasteiger charge is 2.12. The minimum atomic E-state index is -0.306. The minimum absolute atomic E-state index is 0.0727. The molecule has 2 rings (SSSR count). The lowest BCUT2D eigenvalue weighted by Gasteiger charge is -2.16. The Morgan fingerprint density at radius 1 is 1.36 bits per heavy atom. The second-order valence-electron chi connectivity index (χ2n) is 5.14. The SMILES string of the molecule is CC[C@@H](CNC(=O)Cn1ncn(C)c1=O)c1ccc(Cl)cc1. The topological polar surface area (TPSA) is 68.9 Å². The molecular formula is C15H19ClN4O2. The first-order valence-corrected chi connectivity index (χ1v) is 7.49. The Kier molecular flexibility index (Phi) is 5.38. The zero-order valence-electron chi connectivity index (χ0n) is 12.6. The molecule has 6 nitrogen and oxygen atoms in total. The summed E-state index contributed by atoms with van der Waals surface area (Å²) in [6.07, 6.45) is 2.28. The fourth-order valence-corrected chi connectivity index (χ4v) is 2.32. The Hall–Kier alpha value is -2.08. The molecule has 1 amide bonds. The van der Waals surface area contributed by atoms with Crippen LogP contribution in [0.1, 0.15) is 24.8 Å². The van der Waals surface area contributed by atoms with Gasteiger partial charge in [0.05, 0.1) is 0 Å². The number of nitrogens with one attached hydrogen (secondary N) is 1. The molecule has 0 fully saturated rings. The summed E-state index contributed by atoms with van der Waals surface area (Å²) in [4.78, 5) is 23.6. The van der Waals surface area contributed by atoms with Crippen LogP contribution in [0.4, 0.5) is 0 Å². The summed E-state index contributed by atoms with van der Waals surface area (Å²) in [6.45, 7) is 2.50. The molecule has 0 aliphatic heterocycles. The number of rotatable bonds is 6. The fraction of sp³-hybridized carbons (Fsp3) is 0.400. The van der Waals surface area contributed by atoms with E-state index in [1.165, 1.54) is 10.9 Å². The highest BCUT2D eigenvalue weighted by Crippen LogP contribution is 2.20. The maximum atomic E-state index is 11.9. The van der Waals surface area contributed by atoms with E-state index in [-0.39, 0.29) is 24.1 Å². The molecule has 1 aromatic heterocycles. The third-order valence-corrected chi connectivity index (χ3v) is 3.81. The monoisotopic (exact) mass is 322 g/mol. The first kappa shape index (κ1) is 16.3. The number of hydrogen-bond donors (Lipinski definition) is 1. The highest BCUT2D eigenvalue weighted by molar-refractivity contribution is 6.30. The van der Waals surface area contributed by atoms with Crippen LogP contribution in [-0.2, 0) is 18.4 Å². The molecule has 118 valence electrons. The van der Waals surface area contributed by atoms with Crippen LogP contribution in [0.25, 0.3) is 0 Å². The summed E-state index contributed by atoms with van der Waals surface area (Å²) in [5.41, 5.74) is 0.821. The van der Waals surface area contributed by atoms with Crippen molar-refractivity contribution in [2.45, 2.75) is 25.8 Å². The van der Waals surface area contributed by atoms with Crippen molar-refractivity contribution in [1.29, 1.82) is 0 Å². The molecule has 22 heavy (non-hydrogen) atoms. The Morgan fingerprint density at radius 3 is 2.59 bits per heavy atom. The van der Waals surface area contributed by atoms with Gasteiger partial charge >= 0.3 is 5.69 Å². The van der Waals surface area contributed by atoms with Gasteiger partial charge in [0.1, 0.15) is 12.9 Å². The number of hydrogen-bond acceptors (Lipinski definition) is 3. The van der Waals surface area contributed by atoms with Crippen molar-refractivity contribution in [2.24, 2.45) is 7.05 Å². The molecule has 0 bridgehead atoms. The number of aryl methyl sites for hydroxylation is 1. The summed E-state index contributed by atoms with van der Waals surface area (Å²) < 4.78 is 2.47. The zero-order valence-corrected chi connectivity index (χ0v) is 13.4. The summed E-state index contributed by atoms with van der Waals surface area (Å²) in [6, 6.07) is 7.61. The average Bonchev–Trinajstić information content (AvgIpc) is 2.81. The van der Waals surface area contributed by atoms with Gasteiger partial charge in [0.2, 0.25) is 5.91 Å². The lowest BCUT2D eigenvalue weighted by molar-refractivity contribution is -0.122. The predicted octanol–water partition coefficient (Wildman–Crippen LogP) is 1.55. The van der Waals surface area contributed by atoms with E-state index < -0.39 is 0 Å². The number of carbonyl (C=O) groups excluding carboxylic acids is 1. The number of aromatic nitrogens is 3. The number of carbonyl (C=O) groups is 1. The first-order chi connectivity index (χ1) is 10.5. The quantitative estimate of drug-likeness (QED) is 0.877. The molecule has 0 spiro atoms. The van der Waals surface area contributed by atoms with Crippen LogP contribution in [0.3, 0.4) is 0 Å². The molecule has 0 saturated carbocycles. The van der Waals surface area contributed by atoms with Gasteiger partial charge in [0.25, 0.3) is 0 Å². The second kappa shape index (κ2) is 7.26. The van der Waals surface area contributed by atoms with Gasteiger partial charge in [-0.2, -0.15) is 5.10 Å². The van der Waals surface area contributed by atoms with Crippen molar-refractivity contribution < 1.29 is 4.79 Å². The van der Waals surface area contributed by atoms with Crippen molar-refractivity contribution in [3.8, 4) is 0 Å². The van der Waals surface area contributed by atoms with Crippen molar-refractivity contribution in [2.75, 3.05) is 6.54 Å². The van der Waals surface area contributed by atoms with E-state index in [0.717, 1.165) is 16.7 Å². The van der Waals surface area contributed by atoms with E-state index in [0.29, 0.717) is 11.6 Å². The average molecular weight is 323 g/mol. The molecule has 1 atom stereocenters. The van der Waals surface area contributed by atoms with Crippen molar-refractivity contribution in [3.05, 3.63) is 51.7 Å². The van der Waals surface area contributed by atoms with Crippen molar-refractivity contribution in [1.82, 2.24) is 19.7 Å². The predicted molar refractivity (Wildman–Crippen MR) is 85.0 cm³/mol. The maximum Gasteiger partial charge on any atom is 0.345 e. The van der Waals surface area contributed by atoms with Crippen molar-refractivity contribution >= 4 is 17.5 Å². The fourth-order valence-electron chi connectivity index (χ4n) is 2.19. The minimum Gasteiger partial charge on any atom is -0.354 e. The second-order valence-corrected chi connectivity index (χ2v) is 5.58. The van der Waals surface area contributed by atoms with E-state index in [4.69, 9.17) is 11.6 Å². The van der Waals surface area contributed by atoms with E-state index in [1.807, 2.05) is 24.3 Å². The Morgan fingerprint density at radius 2 is 2.05 bits per heavy atom. The molecular weight excluding hydrogens is 304 g/mol. The molecule has 7 heteroatoms. The maximum absolute atomic E-state index is 11.9. The largest absolute Gasteiger partial charge is 0.354 e. The number of nitrogens with zero attached hydrogens (tertiary/aromatic N) is 3. The molecule has 1 N–H and O–H groups in total. The van der Waals surface area contributed by atoms with Gasteiger partial charge in [0, 0.05) is 24.5 Å². The number of benzene rings is 1. The Balaban J connectivity index is 1.92. The van der Waals surface area contributed by atoms with E-state index in [1.54, 1.807) is 7.05 Å². The Labute approximate surface area is 133 Å². The van der Waals surface area contributed by atoms with Gasteiger partial charge in [-0.1, -0.05) is 30.7 Å². The van der Waals surface area contributed by atoms with Crippen LogP contribution in [-0.4, -0.2) is 26.8 Å². The van der Waals surface area contributed by atoms with Gasteiger partial charge in [-0.25, -0.2) is 9.48 Å². The van der Waals surface area contributed by atoms with Crippen LogP contribution in [0, 0.1) is 0 Å². The summed E-state index contributed by atoms with van der Waals surface area (Å²) in [5.74, 6) is -0.0186. The summed E-state index contributed by atoms with van der Waals surface area (Å²) in [5, 5.41) is 7.40. The van der Waals surface area contributed by atoms with Crippen LogP contribution in [0.2, 0.25) is 5.02 Å². The molecule has 0 aliphatic carbocycles. The summed E-state index contributed by atoms with van der Waals surface area (Å²) >= 11 is 5.88. The van der Waals surface area contributed by atoms with E-state index in [2.05, 4.69) is 17.3 Å². The third-order valence-electron chi connectivity index (χ3n) is 3.56. The Bertz CT molecular complexity index is 690. The smallest absolute Gasteiger partial charge is 0.345 e. The standard InChI is InChI=1S/C15H19ClN4O2/c1-3-11(12-4-6-13(16)7-5-12)8-17-14(21)9-20-15(22)19(2)10-18-20/h4-7,10-11H,3,8-9H2,1-2H3,(H,17,21)/t11-/m0/s1. The molecule has 0 saturated heterocycles. The molecule has 1 aromatic carbocycles. The van der Waals surface area contributed by atoms with Crippen molar-refractivity contribution in [3.63, 3.8) is 0 Å². The van der Waals surface area contributed by atoms with Gasteiger partial charge in [-0.05, 0) is 24.1 Å². The molecule has 2 aromatic rings. The number of amides is 1. The van der Waals surface area contributed by atoms with Crippen LogP contribution in [0.15, 0.2) is 35.4 Å². The zero-order chi connectivity index (χ0) is 16.1. The van der Waals surface area contributed by atoms with Gasteiger partial charge < -0.3 is 5.32 Å². The number of halogens is 1. The summed E-state index contributed by atoms with van der Waals surface area (Å²) in [7, 11) is 1.59. The molecule has 0 radical (unpaired) electrons. The lowest BCUT2D eigenvalue weighted by Crippen LogP contribution is -2.35. The van der Waals surface area contributed by atoms with Crippen LogP contribution < -0.4 is 11.0 Å².